The molecular weight excluding hydrogens is 339 g/mol. The minimum Gasteiger partial charge on any atom is -0.424 e. The van der Waals surface area contributed by atoms with Gasteiger partial charge in [0.05, 0.1) is 5.75 Å². The van der Waals surface area contributed by atoms with Crippen LogP contribution in [0.1, 0.15) is 0 Å². The average molecular weight is 347 g/mol. The molecule has 11 heteroatoms. The molecule has 122 valence electrons. The molecule has 0 spiro atoms. The fraction of sp³-hybridized carbons (Fsp3) is 0.250. The number of hydrogen-bond donors (Lipinski definition) is 2. The monoisotopic (exact) mass is 347 g/mol. The molecule has 0 atom stereocenters. The van der Waals surface area contributed by atoms with Crippen LogP contribution in [0.25, 0.3) is 0 Å². The highest BCUT2D eigenvalue weighted by Crippen LogP contribution is 2.44. The zero-order chi connectivity index (χ0) is 16.7. The molecule has 0 unspecified atom stereocenters. The van der Waals surface area contributed by atoms with Gasteiger partial charge in [-0.15, -0.1) is 0 Å². The van der Waals surface area contributed by atoms with Crippen molar-refractivity contribution in [3.63, 3.8) is 0 Å². The van der Waals surface area contributed by atoms with E-state index in [0.29, 0.717) is 0 Å². The molecule has 2 heterocycles. The number of aliphatic imine (C=N–C) groups is 1. The van der Waals surface area contributed by atoms with Crippen molar-refractivity contribution in [1.82, 2.24) is 10.6 Å². The van der Waals surface area contributed by atoms with Gasteiger partial charge in [0.25, 0.3) is 0 Å². The number of benzene rings is 1. The molecule has 3 rings (SSSR count). The van der Waals surface area contributed by atoms with E-state index in [1.165, 1.54) is 24.3 Å². The molecule has 0 bridgehead atoms. The first-order chi connectivity index (χ1) is 10.8. The quantitative estimate of drug-likeness (QED) is 0.806. The smallest absolute Gasteiger partial charge is 0.424 e. The van der Waals surface area contributed by atoms with E-state index in [1.54, 1.807) is 5.32 Å². The zero-order valence-electron chi connectivity index (χ0n) is 11.1. The topological polar surface area (TPSA) is 89.0 Å². The van der Waals surface area contributed by atoms with E-state index in [1.807, 2.05) is 0 Å². The number of para-hydroxylation sites is 2. The first-order valence-corrected chi connectivity index (χ1v) is 7.15. The number of nitrogens with one attached hydrogen (secondary N) is 2. The van der Waals surface area contributed by atoms with Crippen LogP contribution in [-0.4, -0.2) is 34.9 Å². The summed E-state index contributed by atoms with van der Waals surface area (Å²) < 4.78 is 49.5. The van der Waals surface area contributed by atoms with Crippen molar-refractivity contribution in [3.05, 3.63) is 24.3 Å². The predicted molar refractivity (Wildman–Crippen MR) is 73.1 cm³/mol. The highest BCUT2D eigenvalue weighted by atomic mass is 32.2. The van der Waals surface area contributed by atoms with Gasteiger partial charge in [-0.05, 0) is 12.1 Å². The van der Waals surface area contributed by atoms with Gasteiger partial charge in [-0.3, -0.25) is 10.1 Å². The van der Waals surface area contributed by atoms with Crippen LogP contribution < -0.4 is 20.1 Å². The fourth-order valence-corrected chi connectivity index (χ4v) is 2.51. The van der Waals surface area contributed by atoms with E-state index in [9.17, 15) is 22.8 Å². The average Bonchev–Trinajstić information content (AvgIpc) is 3.01. The van der Waals surface area contributed by atoms with Gasteiger partial charge in [0.15, 0.2) is 16.7 Å². The van der Waals surface area contributed by atoms with Crippen molar-refractivity contribution in [2.45, 2.75) is 12.1 Å². The molecule has 7 nitrogen and oxygen atoms in total. The maximum Gasteiger partial charge on any atom is 0.492 e. The van der Waals surface area contributed by atoms with Gasteiger partial charge in [0.2, 0.25) is 5.91 Å². The standard InChI is InChI=1S/C12H8F3N3O4S/c13-11(14,15)12(21-6-3-1-2-4-7(6)22-12)18-9(20)17-10-16-8(19)5-23-10/h1-4H,5H2,(H2,16,17,18,19,20). The highest BCUT2D eigenvalue weighted by Gasteiger charge is 2.65. The second kappa shape index (κ2) is 5.33. The van der Waals surface area contributed by atoms with Crippen molar-refractivity contribution >= 4 is 28.9 Å². The summed E-state index contributed by atoms with van der Waals surface area (Å²) in [5.74, 6) is -4.06. The maximum atomic E-state index is 13.3. The largest absolute Gasteiger partial charge is 0.492 e. The van der Waals surface area contributed by atoms with Gasteiger partial charge in [0, 0.05) is 0 Å². The Bertz CT molecular complexity index is 682. The molecule has 0 radical (unpaired) electrons. The van der Waals surface area contributed by atoms with Crippen molar-refractivity contribution in [3.8, 4) is 11.5 Å². The number of hydrogen-bond acceptors (Lipinski definition) is 5. The van der Waals surface area contributed by atoms with Crippen LogP contribution in [0.2, 0.25) is 0 Å². The highest BCUT2D eigenvalue weighted by molar-refractivity contribution is 8.15. The number of rotatable bonds is 1. The molecule has 1 saturated heterocycles. The predicted octanol–water partition coefficient (Wildman–Crippen LogP) is 1.60. The van der Waals surface area contributed by atoms with Gasteiger partial charge in [-0.25, -0.2) is 4.79 Å². The van der Waals surface area contributed by atoms with Crippen LogP contribution in [-0.2, 0) is 4.79 Å². The normalized spacial score (nSPS) is 20.5. The molecular formula is C12H8F3N3O4S. The lowest BCUT2D eigenvalue weighted by atomic mass is 10.3. The summed E-state index contributed by atoms with van der Waals surface area (Å²) in [5.41, 5.74) is 0. The summed E-state index contributed by atoms with van der Waals surface area (Å²) in [6.07, 6.45) is -5.06. The number of nitrogens with zero attached hydrogens (tertiary/aromatic N) is 1. The van der Waals surface area contributed by atoms with E-state index in [2.05, 4.69) is 10.3 Å². The Hall–Kier alpha value is -2.43. The van der Waals surface area contributed by atoms with Crippen LogP contribution in [0.4, 0.5) is 18.0 Å². The molecule has 2 aliphatic rings. The number of urea groups is 1. The lowest BCUT2D eigenvalue weighted by Gasteiger charge is -2.28. The minimum atomic E-state index is -5.06. The number of halogens is 3. The number of ether oxygens (including phenoxy) is 2. The Morgan fingerprint density at radius 3 is 2.39 bits per heavy atom. The number of thioether (sulfide) groups is 1. The van der Waals surface area contributed by atoms with Crippen molar-refractivity contribution in [2.75, 3.05) is 5.75 Å². The summed E-state index contributed by atoms with van der Waals surface area (Å²) in [6, 6.07) is 4.10. The summed E-state index contributed by atoms with van der Waals surface area (Å²) in [7, 11) is 0. The summed E-state index contributed by atoms with van der Waals surface area (Å²) >= 11 is 0.896. The van der Waals surface area contributed by atoms with Crippen LogP contribution in [0, 0.1) is 0 Å². The van der Waals surface area contributed by atoms with Crippen molar-refractivity contribution in [2.24, 2.45) is 4.99 Å². The Morgan fingerprint density at radius 1 is 1.30 bits per heavy atom. The molecule has 1 aromatic carbocycles. The first-order valence-electron chi connectivity index (χ1n) is 6.16. The van der Waals surface area contributed by atoms with Gasteiger partial charge in [-0.2, -0.15) is 18.2 Å². The van der Waals surface area contributed by atoms with Crippen molar-refractivity contribution < 1.29 is 32.2 Å². The summed E-state index contributed by atoms with van der Waals surface area (Å²) in [4.78, 5) is 26.1. The van der Waals surface area contributed by atoms with Crippen LogP contribution in [0.5, 0.6) is 11.5 Å². The Kier molecular flexibility index (Phi) is 3.59. The van der Waals surface area contributed by atoms with Gasteiger partial charge in [-0.1, -0.05) is 23.9 Å². The van der Waals surface area contributed by atoms with E-state index in [-0.39, 0.29) is 22.4 Å². The maximum absolute atomic E-state index is 13.3. The Morgan fingerprint density at radius 2 is 1.91 bits per heavy atom. The zero-order valence-corrected chi connectivity index (χ0v) is 12.0. The van der Waals surface area contributed by atoms with Gasteiger partial charge < -0.3 is 14.8 Å². The van der Waals surface area contributed by atoms with E-state index < -0.39 is 24.0 Å². The van der Waals surface area contributed by atoms with Crippen LogP contribution >= 0.6 is 11.8 Å². The number of amidine groups is 1. The second-order valence-electron chi connectivity index (χ2n) is 4.45. The molecule has 1 aromatic rings. The molecule has 2 aliphatic heterocycles. The van der Waals surface area contributed by atoms with Crippen molar-refractivity contribution in [1.29, 1.82) is 0 Å². The fourth-order valence-electron chi connectivity index (χ4n) is 1.83. The number of carbonyl (C=O) groups is 2. The number of amides is 3. The van der Waals surface area contributed by atoms with Crippen LogP contribution in [0.15, 0.2) is 29.3 Å². The number of carbonyl (C=O) groups excluding carboxylic acids is 2. The SMILES string of the molecule is O=C1CS/C(=N\C(=O)NC2(C(F)(F)F)Oc3ccccc3O2)N1. The Balaban J connectivity index is 1.82. The molecule has 0 aromatic heterocycles. The van der Waals surface area contributed by atoms with Gasteiger partial charge >= 0.3 is 18.1 Å². The lowest BCUT2D eigenvalue weighted by Crippen LogP contribution is -2.64. The van der Waals surface area contributed by atoms with E-state index in [0.717, 1.165) is 11.8 Å². The molecule has 0 saturated carbocycles. The third-order valence-electron chi connectivity index (χ3n) is 2.79. The first kappa shape index (κ1) is 15.5. The lowest BCUT2D eigenvalue weighted by molar-refractivity contribution is -0.317. The van der Waals surface area contributed by atoms with E-state index >= 15 is 0 Å². The van der Waals surface area contributed by atoms with Gasteiger partial charge in [0.1, 0.15) is 0 Å². The van der Waals surface area contributed by atoms with Crippen LogP contribution in [0.3, 0.4) is 0 Å². The molecule has 3 amide bonds. The molecule has 2 N–H and O–H groups in total. The molecule has 23 heavy (non-hydrogen) atoms. The third kappa shape index (κ3) is 2.91. The molecule has 1 fully saturated rings. The second-order valence-corrected chi connectivity index (χ2v) is 5.41. The third-order valence-corrected chi connectivity index (χ3v) is 3.66. The molecule has 0 aliphatic carbocycles. The Labute approximate surface area is 131 Å². The minimum absolute atomic E-state index is 0.0367. The summed E-state index contributed by atoms with van der Waals surface area (Å²) in [5, 5.41) is 3.69. The number of alkyl halides is 3. The summed E-state index contributed by atoms with van der Waals surface area (Å²) in [6.45, 7) is 0. The van der Waals surface area contributed by atoms with E-state index in [4.69, 9.17) is 9.47 Å². The number of fused-ring (bicyclic) bond motifs is 1.